The fourth-order valence-corrected chi connectivity index (χ4v) is 8.35. The first-order chi connectivity index (χ1) is 24.8. The molecule has 0 saturated heterocycles. The number of hydrogen-bond donors (Lipinski definition) is 0. The zero-order chi connectivity index (χ0) is 33.6. The maximum atomic E-state index is 2.65. The van der Waals surface area contributed by atoms with Gasteiger partial charge in [-0.3, -0.25) is 0 Å². The van der Waals surface area contributed by atoms with E-state index in [1.165, 1.54) is 50.1 Å². The Balaban J connectivity index is 1.50. The SMILES string of the molecule is C(=C(c1ccccc1)c1ccccc1)[C@H]1C(c2ccccc2)(c2ccccc2)[C@@]1(C=C(c1ccccc1)c1ccccc1)Cc1ccccc1. The maximum Gasteiger partial charge on any atom is 0.0374 e. The standard InChI is InChI=1S/C50H40/c1-8-22-39(23-9-1)37-49(38-47(42-28-14-4-15-29-42)43-30-16-5-17-31-43)48(36-46(40-24-10-2-11-25-40)41-26-12-3-13-27-41)50(49,44-32-18-6-19-33-44)45-34-20-7-21-35-45/h1-36,38,48H,37H2/t48-,49-/m1/s1. The molecule has 0 aliphatic heterocycles. The van der Waals surface area contributed by atoms with Crippen molar-refractivity contribution in [3.8, 4) is 0 Å². The van der Waals surface area contributed by atoms with E-state index in [9.17, 15) is 0 Å². The molecule has 7 aromatic carbocycles. The molecule has 0 unspecified atom stereocenters. The van der Waals surface area contributed by atoms with Gasteiger partial charge < -0.3 is 0 Å². The van der Waals surface area contributed by atoms with Gasteiger partial charge in [0.05, 0.1) is 0 Å². The molecular weight excluding hydrogens is 601 g/mol. The van der Waals surface area contributed by atoms with E-state index >= 15 is 0 Å². The van der Waals surface area contributed by atoms with Crippen LogP contribution in [0.2, 0.25) is 0 Å². The van der Waals surface area contributed by atoms with E-state index in [-0.39, 0.29) is 16.7 Å². The normalized spacial score (nSPS) is 17.3. The molecule has 1 saturated carbocycles. The quantitative estimate of drug-likeness (QED) is 0.140. The number of rotatable bonds is 10. The first-order valence-electron chi connectivity index (χ1n) is 17.6. The van der Waals surface area contributed by atoms with Crippen molar-refractivity contribution in [2.45, 2.75) is 11.8 Å². The van der Waals surface area contributed by atoms with Gasteiger partial charge in [0.15, 0.2) is 0 Å². The zero-order valence-electron chi connectivity index (χ0n) is 28.1. The third-order valence-corrected chi connectivity index (χ3v) is 10.5. The van der Waals surface area contributed by atoms with Crippen LogP contribution >= 0.6 is 0 Å². The van der Waals surface area contributed by atoms with Crippen LogP contribution in [0.15, 0.2) is 224 Å². The summed E-state index contributed by atoms with van der Waals surface area (Å²) >= 11 is 0. The highest BCUT2D eigenvalue weighted by atomic mass is 14.8. The molecule has 1 aliphatic carbocycles. The first kappa shape index (κ1) is 31.3. The average molecular weight is 641 g/mol. The second-order valence-electron chi connectivity index (χ2n) is 13.3. The lowest BCUT2D eigenvalue weighted by atomic mass is 9.76. The minimum Gasteiger partial charge on any atom is -0.0708 e. The highest BCUT2D eigenvalue weighted by molar-refractivity contribution is 5.84. The van der Waals surface area contributed by atoms with Gasteiger partial charge >= 0.3 is 0 Å². The van der Waals surface area contributed by atoms with Crippen molar-refractivity contribution < 1.29 is 0 Å². The molecule has 2 atom stereocenters. The van der Waals surface area contributed by atoms with E-state index in [1.807, 2.05) is 0 Å². The van der Waals surface area contributed by atoms with Crippen molar-refractivity contribution in [3.63, 3.8) is 0 Å². The predicted octanol–water partition coefficient (Wildman–Crippen LogP) is 12.1. The highest BCUT2D eigenvalue weighted by Crippen LogP contribution is 2.76. The average Bonchev–Trinajstić information content (AvgIpc) is 3.77. The Kier molecular flexibility index (Phi) is 8.68. The molecule has 1 aliphatic rings. The fourth-order valence-electron chi connectivity index (χ4n) is 8.35. The molecule has 0 heteroatoms. The van der Waals surface area contributed by atoms with Gasteiger partial charge in [0.2, 0.25) is 0 Å². The van der Waals surface area contributed by atoms with Gasteiger partial charge in [-0.2, -0.15) is 0 Å². The second kappa shape index (κ2) is 13.9. The Morgan fingerprint density at radius 2 is 0.700 bits per heavy atom. The molecule has 0 N–H and O–H groups in total. The number of hydrogen-bond acceptors (Lipinski definition) is 0. The van der Waals surface area contributed by atoms with E-state index in [1.54, 1.807) is 0 Å². The van der Waals surface area contributed by atoms with Crippen molar-refractivity contribution >= 4 is 11.1 Å². The fraction of sp³-hybridized carbons (Fsp3) is 0.0800. The molecule has 0 bridgehead atoms. The maximum absolute atomic E-state index is 2.65. The lowest BCUT2D eigenvalue weighted by Gasteiger charge is -2.27. The summed E-state index contributed by atoms with van der Waals surface area (Å²) in [4.78, 5) is 0. The van der Waals surface area contributed by atoms with Gasteiger partial charge in [0.1, 0.15) is 0 Å². The van der Waals surface area contributed by atoms with Crippen LogP contribution in [0.3, 0.4) is 0 Å². The summed E-state index contributed by atoms with van der Waals surface area (Å²) < 4.78 is 0. The van der Waals surface area contributed by atoms with Gasteiger partial charge in [0.25, 0.3) is 0 Å². The number of benzene rings is 7. The Hall–Kier alpha value is -5.98. The number of allylic oxidation sites excluding steroid dienone is 2. The van der Waals surface area contributed by atoms with Gasteiger partial charge in [-0.05, 0) is 56.5 Å². The van der Waals surface area contributed by atoms with Crippen molar-refractivity contribution in [2.24, 2.45) is 11.3 Å². The molecule has 0 aromatic heterocycles. The van der Waals surface area contributed by atoms with Crippen LogP contribution in [0.4, 0.5) is 0 Å². The van der Waals surface area contributed by atoms with Crippen LogP contribution in [0.5, 0.6) is 0 Å². The van der Waals surface area contributed by atoms with Crippen molar-refractivity contribution in [2.75, 3.05) is 0 Å². The van der Waals surface area contributed by atoms with E-state index in [0.717, 1.165) is 6.42 Å². The van der Waals surface area contributed by atoms with Gasteiger partial charge in [-0.15, -0.1) is 0 Å². The summed E-state index contributed by atoms with van der Waals surface area (Å²) in [6.07, 6.45) is 6.13. The molecule has 0 radical (unpaired) electrons. The first-order valence-corrected chi connectivity index (χ1v) is 17.6. The van der Waals surface area contributed by atoms with Crippen LogP contribution in [-0.4, -0.2) is 0 Å². The predicted molar refractivity (Wildman–Crippen MR) is 210 cm³/mol. The molecule has 240 valence electrons. The topological polar surface area (TPSA) is 0 Å². The molecule has 7 aromatic rings. The Labute approximate surface area is 296 Å². The van der Waals surface area contributed by atoms with Crippen LogP contribution in [0, 0.1) is 11.3 Å². The van der Waals surface area contributed by atoms with E-state index in [0.29, 0.717) is 0 Å². The van der Waals surface area contributed by atoms with E-state index in [4.69, 9.17) is 0 Å². The molecule has 0 amide bonds. The van der Waals surface area contributed by atoms with Gasteiger partial charge in [-0.1, -0.05) is 224 Å². The zero-order valence-corrected chi connectivity index (χ0v) is 28.1. The van der Waals surface area contributed by atoms with Crippen LogP contribution in [-0.2, 0) is 11.8 Å². The largest absolute Gasteiger partial charge is 0.0708 e. The molecule has 0 spiro atoms. The third kappa shape index (κ3) is 5.74. The summed E-state index contributed by atoms with van der Waals surface area (Å²) in [5, 5.41) is 0. The second-order valence-corrected chi connectivity index (χ2v) is 13.3. The van der Waals surface area contributed by atoms with Crippen LogP contribution in [0.25, 0.3) is 11.1 Å². The van der Waals surface area contributed by atoms with E-state index < -0.39 is 0 Å². The summed E-state index contributed by atoms with van der Waals surface area (Å²) in [6, 6.07) is 77.3. The van der Waals surface area contributed by atoms with Gasteiger partial charge in [-0.25, -0.2) is 0 Å². The smallest absolute Gasteiger partial charge is 0.0374 e. The molecular formula is C50H40. The van der Waals surface area contributed by atoms with Crippen LogP contribution < -0.4 is 0 Å². The summed E-state index contributed by atoms with van der Waals surface area (Å²) in [5.41, 5.74) is 10.7. The monoisotopic (exact) mass is 640 g/mol. The molecule has 0 heterocycles. The summed E-state index contributed by atoms with van der Waals surface area (Å²) in [5.74, 6) is 0.123. The van der Waals surface area contributed by atoms with Crippen molar-refractivity contribution in [1.82, 2.24) is 0 Å². The lowest BCUT2D eigenvalue weighted by Crippen LogP contribution is -2.22. The molecule has 8 rings (SSSR count). The lowest BCUT2D eigenvalue weighted by molar-refractivity contribution is 0.550. The Bertz CT molecular complexity index is 2060. The summed E-state index contributed by atoms with van der Waals surface area (Å²) in [6.45, 7) is 0. The Morgan fingerprint density at radius 3 is 1.08 bits per heavy atom. The van der Waals surface area contributed by atoms with Crippen LogP contribution in [0.1, 0.15) is 38.9 Å². The van der Waals surface area contributed by atoms with Gasteiger partial charge in [0, 0.05) is 16.7 Å². The van der Waals surface area contributed by atoms with E-state index in [2.05, 4.69) is 224 Å². The van der Waals surface area contributed by atoms with Crippen molar-refractivity contribution in [1.29, 1.82) is 0 Å². The summed E-state index contributed by atoms with van der Waals surface area (Å²) in [7, 11) is 0. The molecule has 0 nitrogen and oxygen atoms in total. The minimum atomic E-state index is -0.352. The Morgan fingerprint density at radius 1 is 0.380 bits per heavy atom. The molecule has 1 fully saturated rings. The third-order valence-electron chi connectivity index (χ3n) is 10.5. The van der Waals surface area contributed by atoms with Crippen molar-refractivity contribution in [3.05, 3.63) is 263 Å². The highest BCUT2D eigenvalue weighted by Gasteiger charge is 2.75. The molecule has 50 heavy (non-hydrogen) atoms. The minimum absolute atomic E-state index is 0.123.